The van der Waals surface area contributed by atoms with E-state index in [1.165, 1.54) is 6.42 Å². The van der Waals surface area contributed by atoms with Crippen molar-refractivity contribution in [3.8, 4) is 5.75 Å². The number of hydrogen-bond donors (Lipinski definition) is 1. The van der Waals surface area contributed by atoms with Gasteiger partial charge in [-0.2, -0.15) is 0 Å². The Morgan fingerprint density at radius 3 is 3.00 bits per heavy atom. The van der Waals surface area contributed by atoms with Crippen molar-refractivity contribution in [2.75, 3.05) is 38.7 Å². The van der Waals surface area contributed by atoms with Crippen LogP contribution in [0.2, 0.25) is 0 Å². The second-order valence-electron chi connectivity index (χ2n) is 5.60. The lowest BCUT2D eigenvalue weighted by atomic mass is 10.1. The van der Waals surface area contributed by atoms with Crippen molar-refractivity contribution >= 4 is 11.6 Å². The number of nitrogens with zero attached hydrogens (tertiary/aromatic N) is 1. The summed E-state index contributed by atoms with van der Waals surface area (Å²) in [5.74, 6) is 0.728. The molecule has 1 N–H and O–H groups in total. The third kappa shape index (κ3) is 5.31. The van der Waals surface area contributed by atoms with E-state index in [2.05, 4.69) is 17.1 Å². The van der Waals surface area contributed by atoms with E-state index in [1.807, 2.05) is 24.3 Å². The highest BCUT2D eigenvalue weighted by Crippen LogP contribution is 2.17. The third-order valence-electron chi connectivity index (χ3n) is 3.90. The van der Waals surface area contributed by atoms with Crippen molar-refractivity contribution in [2.45, 2.75) is 32.3 Å². The van der Waals surface area contributed by atoms with E-state index in [-0.39, 0.29) is 12.0 Å². The van der Waals surface area contributed by atoms with Gasteiger partial charge < -0.3 is 14.8 Å². The summed E-state index contributed by atoms with van der Waals surface area (Å²) in [6, 6.07) is 7.40. The summed E-state index contributed by atoms with van der Waals surface area (Å²) < 4.78 is 10.9. The summed E-state index contributed by atoms with van der Waals surface area (Å²) in [6.07, 6.45) is 3.73. The summed E-state index contributed by atoms with van der Waals surface area (Å²) in [4.78, 5) is 14.3. The molecule has 2 rings (SSSR count). The maximum Gasteiger partial charge on any atom is 0.238 e. The molecule has 0 saturated carbocycles. The monoisotopic (exact) mass is 306 g/mol. The molecule has 0 radical (unpaired) electrons. The molecule has 0 unspecified atom stereocenters. The van der Waals surface area contributed by atoms with Crippen molar-refractivity contribution in [1.82, 2.24) is 4.90 Å². The Morgan fingerprint density at radius 2 is 2.32 bits per heavy atom. The lowest BCUT2D eigenvalue weighted by molar-refractivity contribution is -0.117. The standard InChI is InChI=1S/C17H26N2O3/c1-3-19(12-16-8-4-5-10-22-16)13-17(20)18-14-7-6-9-15(11-14)21-2/h6-7,9,11,16H,3-5,8,10,12-13H2,1-2H3,(H,18,20)/t16-/m1/s1. The van der Waals surface area contributed by atoms with Crippen LogP contribution < -0.4 is 10.1 Å². The van der Waals surface area contributed by atoms with Gasteiger partial charge in [-0.25, -0.2) is 0 Å². The molecule has 1 aromatic rings. The Hall–Kier alpha value is -1.59. The number of nitrogens with one attached hydrogen (secondary N) is 1. The Labute approximate surface area is 132 Å². The van der Waals surface area contributed by atoms with Crippen molar-refractivity contribution in [1.29, 1.82) is 0 Å². The minimum atomic E-state index is -0.00841. The zero-order valence-corrected chi connectivity index (χ0v) is 13.5. The summed E-state index contributed by atoms with van der Waals surface area (Å²) in [7, 11) is 1.62. The number of methoxy groups -OCH3 is 1. The lowest BCUT2D eigenvalue weighted by Gasteiger charge is -2.28. The molecular formula is C17H26N2O3. The van der Waals surface area contributed by atoms with Gasteiger partial charge in [0.2, 0.25) is 5.91 Å². The molecule has 0 bridgehead atoms. The Kier molecular flexibility index (Phi) is 6.68. The van der Waals surface area contributed by atoms with Crippen LogP contribution >= 0.6 is 0 Å². The molecule has 1 heterocycles. The van der Waals surface area contributed by atoms with Crippen LogP contribution in [0.1, 0.15) is 26.2 Å². The predicted octanol–water partition coefficient (Wildman–Crippen LogP) is 2.52. The van der Waals surface area contributed by atoms with Gasteiger partial charge >= 0.3 is 0 Å². The quantitative estimate of drug-likeness (QED) is 0.841. The van der Waals surface area contributed by atoms with E-state index >= 15 is 0 Å². The number of likely N-dealkylation sites (N-methyl/N-ethyl adjacent to an activating group) is 1. The van der Waals surface area contributed by atoms with E-state index in [0.717, 1.165) is 44.0 Å². The Morgan fingerprint density at radius 1 is 1.45 bits per heavy atom. The van der Waals surface area contributed by atoms with Gasteiger partial charge in [0.15, 0.2) is 0 Å². The van der Waals surface area contributed by atoms with Crippen LogP contribution in [0.3, 0.4) is 0 Å². The fourth-order valence-electron chi connectivity index (χ4n) is 2.65. The summed E-state index contributed by atoms with van der Waals surface area (Å²) >= 11 is 0. The highest BCUT2D eigenvalue weighted by molar-refractivity contribution is 5.92. The van der Waals surface area contributed by atoms with Crippen molar-refractivity contribution in [3.63, 3.8) is 0 Å². The molecule has 1 saturated heterocycles. The summed E-state index contributed by atoms with van der Waals surface area (Å²) in [6.45, 7) is 4.96. The van der Waals surface area contributed by atoms with Gasteiger partial charge in [-0.3, -0.25) is 9.69 Å². The van der Waals surface area contributed by atoms with Gasteiger partial charge in [-0.1, -0.05) is 13.0 Å². The summed E-state index contributed by atoms with van der Waals surface area (Å²) in [5, 5.41) is 2.92. The average Bonchev–Trinajstić information content (AvgIpc) is 2.55. The smallest absolute Gasteiger partial charge is 0.238 e. The predicted molar refractivity (Wildman–Crippen MR) is 87.3 cm³/mol. The number of benzene rings is 1. The number of amides is 1. The number of carbonyl (C=O) groups excluding carboxylic acids is 1. The lowest BCUT2D eigenvalue weighted by Crippen LogP contribution is -2.40. The van der Waals surface area contributed by atoms with Crippen molar-refractivity contribution in [2.24, 2.45) is 0 Å². The molecule has 1 atom stereocenters. The normalized spacial score (nSPS) is 18.2. The molecule has 1 amide bonds. The average molecular weight is 306 g/mol. The number of rotatable bonds is 7. The molecule has 1 aromatic carbocycles. The minimum absolute atomic E-state index is 0.00841. The topological polar surface area (TPSA) is 50.8 Å². The fourth-order valence-corrected chi connectivity index (χ4v) is 2.65. The van der Waals surface area contributed by atoms with Gasteiger partial charge in [-0.05, 0) is 37.9 Å². The molecule has 0 spiro atoms. The van der Waals surface area contributed by atoms with E-state index in [4.69, 9.17) is 9.47 Å². The van der Waals surface area contributed by atoms with E-state index < -0.39 is 0 Å². The van der Waals surface area contributed by atoms with Gasteiger partial charge in [0, 0.05) is 24.9 Å². The van der Waals surface area contributed by atoms with Crippen LogP contribution in [0.4, 0.5) is 5.69 Å². The largest absolute Gasteiger partial charge is 0.497 e. The highest BCUT2D eigenvalue weighted by atomic mass is 16.5. The Balaban J connectivity index is 1.82. The molecule has 22 heavy (non-hydrogen) atoms. The second-order valence-corrected chi connectivity index (χ2v) is 5.60. The molecule has 122 valence electrons. The number of hydrogen-bond acceptors (Lipinski definition) is 4. The van der Waals surface area contributed by atoms with Crippen molar-refractivity contribution in [3.05, 3.63) is 24.3 Å². The maximum atomic E-state index is 12.2. The van der Waals surface area contributed by atoms with E-state index in [0.29, 0.717) is 6.54 Å². The molecule has 0 aliphatic carbocycles. The first-order valence-corrected chi connectivity index (χ1v) is 7.99. The van der Waals surface area contributed by atoms with Crippen LogP contribution in [0.15, 0.2) is 24.3 Å². The zero-order chi connectivity index (χ0) is 15.8. The van der Waals surface area contributed by atoms with Crippen LogP contribution in [0.5, 0.6) is 5.75 Å². The van der Waals surface area contributed by atoms with Gasteiger partial charge in [0.25, 0.3) is 0 Å². The molecule has 5 nitrogen and oxygen atoms in total. The minimum Gasteiger partial charge on any atom is -0.497 e. The zero-order valence-electron chi connectivity index (χ0n) is 13.5. The number of carbonyl (C=O) groups is 1. The number of ether oxygens (including phenoxy) is 2. The number of anilines is 1. The first kappa shape index (κ1) is 16.8. The third-order valence-corrected chi connectivity index (χ3v) is 3.90. The summed E-state index contributed by atoms with van der Waals surface area (Å²) in [5.41, 5.74) is 0.759. The van der Waals surface area contributed by atoms with Crippen LogP contribution in [-0.4, -0.2) is 50.3 Å². The van der Waals surface area contributed by atoms with E-state index in [1.54, 1.807) is 7.11 Å². The molecule has 0 aromatic heterocycles. The molecular weight excluding hydrogens is 280 g/mol. The maximum absolute atomic E-state index is 12.2. The first-order valence-electron chi connectivity index (χ1n) is 7.99. The molecule has 5 heteroatoms. The molecule has 1 fully saturated rings. The molecule has 1 aliphatic heterocycles. The highest BCUT2D eigenvalue weighted by Gasteiger charge is 2.18. The van der Waals surface area contributed by atoms with Crippen LogP contribution in [0.25, 0.3) is 0 Å². The van der Waals surface area contributed by atoms with E-state index in [9.17, 15) is 4.79 Å². The van der Waals surface area contributed by atoms with Crippen LogP contribution in [-0.2, 0) is 9.53 Å². The van der Waals surface area contributed by atoms with Crippen LogP contribution in [0, 0.1) is 0 Å². The Bertz CT molecular complexity index is 473. The fraction of sp³-hybridized carbons (Fsp3) is 0.588. The molecule has 1 aliphatic rings. The second kappa shape index (κ2) is 8.76. The van der Waals surface area contributed by atoms with Gasteiger partial charge in [0.05, 0.1) is 19.8 Å². The SMILES string of the molecule is CCN(CC(=O)Nc1cccc(OC)c1)C[C@H]1CCCCO1. The van der Waals surface area contributed by atoms with Gasteiger partial charge in [-0.15, -0.1) is 0 Å². The first-order chi connectivity index (χ1) is 10.7. The van der Waals surface area contributed by atoms with Crippen molar-refractivity contribution < 1.29 is 14.3 Å². The van der Waals surface area contributed by atoms with Gasteiger partial charge in [0.1, 0.15) is 5.75 Å².